The second kappa shape index (κ2) is 4.67. The van der Waals surface area contributed by atoms with E-state index < -0.39 is 5.60 Å². The van der Waals surface area contributed by atoms with Gasteiger partial charge in [-0.1, -0.05) is 58.0 Å². The molecule has 1 saturated heterocycles. The van der Waals surface area contributed by atoms with Gasteiger partial charge in [-0.15, -0.1) is 0 Å². The highest BCUT2D eigenvalue weighted by atomic mass is 16.3. The van der Waals surface area contributed by atoms with Gasteiger partial charge in [0, 0.05) is 19.6 Å². The molecule has 2 nitrogen and oxygen atoms in total. The topological polar surface area (TPSA) is 23.5 Å². The first-order valence-electron chi connectivity index (χ1n) is 6.80. The smallest absolute Gasteiger partial charge is 0.0930 e. The summed E-state index contributed by atoms with van der Waals surface area (Å²) in [4.78, 5) is 2.32. The minimum absolute atomic E-state index is 0.160. The standard InChI is InChI=1S/C16H25NO/c1-13(15(2,3)4)16(18)11-17(12-16)10-14-8-6-5-7-9-14/h5-9,13,18H,10-12H2,1-4H3. The Balaban J connectivity index is 1.90. The van der Waals surface area contributed by atoms with E-state index in [-0.39, 0.29) is 5.41 Å². The van der Waals surface area contributed by atoms with E-state index in [1.165, 1.54) is 5.56 Å². The van der Waals surface area contributed by atoms with Crippen LogP contribution in [0, 0.1) is 11.3 Å². The maximum atomic E-state index is 10.6. The van der Waals surface area contributed by atoms with Crippen LogP contribution in [0.5, 0.6) is 0 Å². The number of benzene rings is 1. The molecule has 0 radical (unpaired) electrons. The van der Waals surface area contributed by atoms with E-state index in [1.54, 1.807) is 0 Å². The summed E-state index contributed by atoms with van der Waals surface area (Å²) >= 11 is 0. The van der Waals surface area contributed by atoms with E-state index in [2.05, 4.69) is 56.9 Å². The van der Waals surface area contributed by atoms with Crippen LogP contribution < -0.4 is 0 Å². The molecule has 18 heavy (non-hydrogen) atoms. The highest BCUT2D eigenvalue weighted by molar-refractivity contribution is 5.16. The zero-order chi connectivity index (χ0) is 13.4. The molecule has 0 aromatic heterocycles. The number of likely N-dealkylation sites (tertiary alicyclic amines) is 1. The maximum absolute atomic E-state index is 10.6. The van der Waals surface area contributed by atoms with Crippen LogP contribution in [0.15, 0.2) is 30.3 Å². The average molecular weight is 247 g/mol. The molecule has 1 aromatic carbocycles. The van der Waals surface area contributed by atoms with Crippen LogP contribution in [-0.2, 0) is 6.54 Å². The quantitative estimate of drug-likeness (QED) is 0.887. The van der Waals surface area contributed by atoms with Gasteiger partial charge in [-0.3, -0.25) is 4.90 Å². The van der Waals surface area contributed by atoms with Gasteiger partial charge in [0.1, 0.15) is 0 Å². The lowest BCUT2D eigenvalue weighted by Gasteiger charge is -2.53. The van der Waals surface area contributed by atoms with Crippen LogP contribution in [0.25, 0.3) is 0 Å². The molecule has 2 rings (SSSR count). The Bertz CT molecular complexity index is 387. The number of β-amino-alcohol motifs (C(OH)–C–C–N with tert-alkyl or cyclic N) is 1. The van der Waals surface area contributed by atoms with E-state index in [9.17, 15) is 5.11 Å². The van der Waals surface area contributed by atoms with Crippen LogP contribution in [0.3, 0.4) is 0 Å². The number of nitrogens with zero attached hydrogens (tertiary/aromatic N) is 1. The van der Waals surface area contributed by atoms with Crippen LogP contribution in [0.2, 0.25) is 0 Å². The molecule has 2 heteroatoms. The van der Waals surface area contributed by atoms with Crippen LogP contribution in [0.1, 0.15) is 33.3 Å². The molecular formula is C16H25NO. The molecule has 1 unspecified atom stereocenters. The van der Waals surface area contributed by atoms with Crippen molar-refractivity contribution in [3.63, 3.8) is 0 Å². The summed E-state index contributed by atoms with van der Waals surface area (Å²) in [6, 6.07) is 10.5. The Morgan fingerprint density at radius 2 is 1.78 bits per heavy atom. The van der Waals surface area contributed by atoms with E-state index in [1.807, 2.05) is 6.07 Å². The molecular weight excluding hydrogens is 222 g/mol. The van der Waals surface area contributed by atoms with Crippen molar-refractivity contribution < 1.29 is 5.11 Å². The number of hydrogen-bond acceptors (Lipinski definition) is 2. The summed E-state index contributed by atoms with van der Waals surface area (Å²) in [6.45, 7) is 11.3. The molecule has 1 aliphatic rings. The van der Waals surface area contributed by atoms with E-state index >= 15 is 0 Å². The number of hydrogen-bond donors (Lipinski definition) is 1. The van der Waals surface area contributed by atoms with Gasteiger partial charge in [0.2, 0.25) is 0 Å². The normalized spacial score (nSPS) is 21.4. The molecule has 0 aliphatic carbocycles. The lowest BCUT2D eigenvalue weighted by atomic mass is 9.68. The van der Waals surface area contributed by atoms with Gasteiger partial charge in [0.15, 0.2) is 0 Å². The predicted octanol–water partition coefficient (Wildman–Crippen LogP) is 2.92. The minimum Gasteiger partial charge on any atom is -0.387 e. The van der Waals surface area contributed by atoms with Crippen molar-refractivity contribution in [2.75, 3.05) is 13.1 Å². The zero-order valence-electron chi connectivity index (χ0n) is 12.0. The molecule has 0 bridgehead atoms. The predicted molar refractivity (Wildman–Crippen MR) is 75.3 cm³/mol. The minimum atomic E-state index is -0.507. The van der Waals surface area contributed by atoms with Crippen molar-refractivity contribution >= 4 is 0 Å². The van der Waals surface area contributed by atoms with Crippen molar-refractivity contribution in [1.29, 1.82) is 0 Å². The third kappa shape index (κ3) is 2.76. The van der Waals surface area contributed by atoms with Crippen LogP contribution in [-0.4, -0.2) is 28.7 Å². The highest BCUT2D eigenvalue weighted by Gasteiger charge is 2.48. The van der Waals surface area contributed by atoms with Crippen molar-refractivity contribution in [2.45, 2.75) is 39.8 Å². The van der Waals surface area contributed by atoms with Gasteiger partial charge in [0.05, 0.1) is 5.60 Å². The number of aliphatic hydroxyl groups is 1. The van der Waals surface area contributed by atoms with Gasteiger partial charge in [-0.2, -0.15) is 0 Å². The molecule has 0 amide bonds. The molecule has 1 aliphatic heterocycles. The first-order valence-corrected chi connectivity index (χ1v) is 6.80. The van der Waals surface area contributed by atoms with Crippen LogP contribution in [0.4, 0.5) is 0 Å². The average Bonchev–Trinajstić information content (AvgIpc) is 2.26. The Hall–Kier alpha value is -0.860. The van der Waals surface area contributed by atoms with E-state index in [0.717, 1.165) is 19.6 Å². The fraction of sp³-hybridized carbons (Fsp3) is 0.625. The first kappa shape index (κ1) is 13.6. The van der Waals surface area contributed by atoms with E-state index in [0.29, 0.717) is 5.92 Å². The summed E-state index contributed by atoms with van der Waals surface area (Å²) in [7, 11) is 0. The third-order valence-electron chi connectivity index (χ3n) is 4.35. The lowest BCUT2D eigenvalue weighted by molar-refractivity contribution is -0.157. The van der Waals surface area contributed by atoms with Crippen molar-refractivity contribution in [3.05, 3.63) is 35.9 Å². The molecule has 1 heterocycles. The largest absolute Gasteiger partial charge is 0.387 e. The van der Waals surface area contributed by atoms with Crippen molar-refractivity contribution in [3.8, 4) is 0 Å². The molecule has 0 saturated carbocycles. The second-order valence-electron chi connectivity index (χ2n) is 6.82. The van der Waals surface area contributed by atoms with Crippen molar-refractivity contribution in [2.24, 2.45) is 11.3 Å². The monoisotopic (exact) mass is 247 g/mol. The van der Waals surface area contributed by atoms with E-state index in [4.69, 9.17) is 0 Å². The summed E-state index contributed by atoms with van der Waals surface area (Å²) in [5, 5.41) is 10.6. The Morgan fingerprint density at radius 3 is 2.28 bits per heavy atom. The fourth-order valence-corrected chi connectivity index (χ4v) is 2.76. The zero-order valence-corrected chi connectivity index (χ0v) is 12.0. The number of rotatable bonds is 3. The molecule has 1 N–H and O–H groups in total. The van der Waals surface area contributed by atoms with Gasteiger partial charge < -0.3 is 5.11 Å². The molecule has 1 fully saturated rings. The summed E-state index contributed by atoms with van der Waals surface area (Å²) in [6.07, 6.45) is 0. The summed E-state index contributed by atoms with van der Waals surface area (Å²) < 4.78 is 0. The van der Waals surface area contributed by atoms with Gasteiger partial charge in [-0.25, -0.2) is 0 Å². The maximum Gasteiger partial charge on any atom is 0.0930 e. The lowest BCUT2D eigenvalue weighted by Crippen LogP contribution is -2.66. The third-order valence-corrected chi connectivity index (χ3v) is 4.35. The Morgan fingerprint density at radius 1 is 1.22 bits per heavy atom. The highest BCUT2D eigenvalue weighted by Crippen LogP contribution is 2.40. The molecule has 100 valence electrons. The fourth-order valence-electron chi connectivity index (χ4n) is 2.76. The summed E-state index contributed by atoms with van der Waals surface area (Å²) in [5.41, 5.74) is 0.976. The SMILES string of the molecule is CC(C(C)(C)C)C1(O)CN(Cc2ccccc2)C1. The molecule has 1 atom stereocenters. The summed E-state index contributed by atoms with van der Waals surface area (Å²) in [5.74, 6) is 0.317. The Labute approximate surface area is 111 Å². The Kier molecular flexibility index (Phi) is 3.52. The van der Waals surface area contributed by atoms with Crippen molar-refractivity contribution in [1.82, 2.24) is 4.90 Å². The van der Waals surface area contributed by atoms with Crippen LogP contribution >= 0.6 is 0 Å². The molecule has 0 spiro atoms. The molecule has 1 aromatic rings. The van der Waals surface area contributed by atoms with Gasteiger partial charge in [0.25, 0.3) is 0 Å². The second-order valence-corrected chi connectivity index (χ2v) is 6.82. The first-order chi connectivity index (χ1) is 8.31. The van der Waals surface area contributed by atoms with Gasteiger partial charge in [-0.05, 0) is 16.9 Å². The van der Waals surface area contributed by atoms with Gasteiger partial charge >= 0.3 is 0 Å².